The molecular weight excluding hydrogens is 318 g/mol. The van der Waals surface area contributed by atoms with Crippen LogP contribution < -0.4 is 10.6 Å². The van der Waals surface area contributed by atoms with Crippen LogP contribution >= 0.6 is 0 Å². The van der Waals surface area contributed by atoms with Crippen LogP contribution in [0.4, 0.5) is 10.7 Å². The van der Waals surface area contributed by atoms with E-state index < -0.39 is 0 Å². The third-order valence-electron chi connectivity index (χ3n) is 5.15. The summed E-state index contributed by atoms with van der Waals surface area (Å²) in [5.41, 5.74) is 1.99. The van der Waals surface area contributed by atoms with Crippen molar-refractivity contribution < 1.29 is 9.90 Å². The van der Waals surface area contributed by atoms with Crippen molar-refractivity contribution in [2.24, 2.45) is 5.92 Å². The summed E-state index contributed by atoms with van der Waals surface area (Å²) in [6.45, 7) is 3.89. The van der Waals surface area contributed by atoms with E-state index in [0.717, 1.165) is 24.2 Å². The maximum atomic E-state index is 12.5. The molecule has 7 nitrogen and oxygen atoms in total. The minimum Gasteiger partial charge on any atom is -0.394 e. The van der Waals surface area contributed by atoms with Gasteiger partial charge >= 0.3 is 6.03 Å². The first-order chi connectivity index (χ1) is 12.2. The molecule has 0 bridgehead atoms. The van der Waals surface area contributed by atoms with Gasteiger partial charge in [0.15, 0.2) is 0 Å². The predicted molar refractivity (Wildman–Crippen MR) is 96.3 cm³/mol. The van der Waals surface area contributed by atoms with Crippen LogP contribution in [0, 0.1) is 5.92 Å². The Balaban J connectivity index is 1.55. The molecule has 1 aliphatic carbocycles. The molecule has 2 aliphatic rings. The first kappa shape index (κ1) is 17.9. The van der Waals surface area contributed by atoms with E-state index in [1.54, 1.807) is 0 Å². The molecular formula is C18H29N5O2. The fraction of sp³-hybridized carbons (Fsp3) is 0.722. The summed E-state index contributed by atoms with van der Waals surface area (Å²) in [5.74, 6) is 1.14. The van der Waals surface area contributed by atoms with Gasteiger partial charge in [0.05, 0.1) is 18.8 Å². The van der Waals surface area contributed by atoms with E-state index in [0.29, 0.717) is 25.0 Å². The Bertz CT molecular complexity index is 589. The van der Waals surface area contributed by atoms with Crippen molar-refractivity contribution in [1.29, 1.82) is 0 Å². The summed E-state index contributed by atoms with van der Waals surface area (Å²) in [6, 6.07) is -0.0930. The van der Waals surface area contributed by atoms with Crippen LogP contribution in [0.25, 0.3) is 0 Å². The molecule has 1 fully saturated rings. The highest BCUT2D eigenvalue weighted by molar-refractivity contribution is 5.74. The van der Waals surface area contributed by atoms with E-state index in [1.165, 1.54) is 32.1 Å². The fourth-order valence-electron chi connectivity index (χ4n) is 3.55. The van der Waals surface area contributed by atoms with Gasteiger partial charge in [0.2, 0.25) is 5.95 Å². The Morgan fingerprint density at radius 3 is 2.96 bits per heavy atom. The first-order valence-electron chi connectivity index (χ1n) is 9.40. The molecule has 3 N–H and O–H groups in total. The number of nitrogens with zero attached hydrogens (tertiary/aromatic N) is 3. The molecule has 0 unspecified atom stereocenters. The number of hydrogen-bond acceptors (Lipinski definition) is 5. The summed E-state index contributed by atoms with van der Waals surface area (Å²) >= 11 is 0. The molecule has 2 amide bonds. The van der Waals surface area contributed by atoms with Crippen LogP contribution in [0.3, 0.4) is 0 Å². The summed E-state index contributed by atoms with van der Waals surface area (Å²) in [7, 11) is 0. The van der Waals surface area contributed by atoms with Crippen molar-refractivity contribution >= 4 is 12.0 Å². The second-order valence-corrected chi connectivity index (χ2v) is 7.26. The van der Waals surface area contributed by atoms with Crippen LogP contribution in [0.15, 0.2) is 6.20 Å². The number of fused-ring (bicyclic) bond motifs is 1. The van der Waals surface area contributed by atoms with Gasteiger partial charge in [0.1, 0.15) is 0 Å². The summed E-state index contributed by atoms with van der Waals surface area (Å²) in [6.07, 6.45) is 8.97. The summed E-state index contributed by atoms with van der Waals surface area (Å²) in [4.78, 5) is 23.1. The molecule has 1 aromatic rings. The Labute approximate surface area is 149 Å². The molecule has 1 aliphatic heterocycles. The van der Waals surface area contributed by atoms with Gasteiger partial charge in [-0.2, -0.15) is 0 Å². The number of aliphatic hydroxyl groups excluding tert-OH is 1. The average Bonchev–Trinajstić information content (AvgIpc) is 2.66. The van der Waals surface area contributed by atoms with Crippen molar-refractivity contribution in [3.05, 3.63) is 17.5 Å². The quantitative estimate of drug-likeness (QED) is 0.757. The molecule has 25 heavy (non-hydrogen) atoms. The van der Waals surface area contributed by atoms with Gasteiger partial charge in [-0.25, -0.2) is 14.8 Å². The highest BCUT2D eigenvalue weighted by Crippen LogP contribution is 2.23. The van der Waals surface area contributed by atoms with Crippen LogP contribution in [0.1, 0.15) is 50.3 Å². The lowest BCUT2D eigenvalue weighted by molar-refractivity contribution is 0.187. The summed E-state index contributed by atoms with van der Waals surface area (Å²) in [5, 5.41) is 15.3. The molecule has 0 radical (unpaired) electrons. The maximum absolute atomic E-state index is 12.5. The number of rotatable bonds is 5. The molecule has 1 atom stereocenters. The molecule has 0 saturated heterocycles. The Kier molecular flexibility index (Phi) is 6.07. The van der Waals surface area contributed by atoms with Crippen molar-refractivity contribution in [1.82, 2.24) is 20.2 Å². The van der Waals surface area contributed by atoms with E-state index >= 15 is 0 Å². The number of carbonyl (C=O) groups excluding carboxylic acids is 1. The van der Waals surface area contributed by atoms with Gasteiger partial charge in [-0.15, -0.1) is 0 Å². The third-order valence-corrected chi connectivity index (χ3v) is 5.15. The SMILES string of the molecule is C[C@@H](CO)Nc1ncc2c(n1)CN(C(=O)NCC1CCCCC1)CC2. The number of urea groups is 1. The second kappa shape index (κ2) is 8.47. The van der Waals surface area contributed by atoms with Crippen molar-refractivity contribution in [3.63, 3.8) is 0 Å². The number of amides is 2. The number of aliphatic hydroxyl groups is 1. The lowest BCUT2D eigenvalue weighted by Crippen LogP contribution is -2.44. The predicted octanol–water partition coefficient (Wildman–Crippen LogP) is 1.92. The van der Waals surface area contributed by atoms with Crippen LogP contribution in [-0.4, -0.2) is 51.7 Å². The maximum Gasteiger partial charge on any atom is 0.317 e. The lowest BCUT2D eigenvalue weighted by Gasteiger charge is -2.29. The minimum atomic E-state index is -0.100. The van der Waals surface area contributed by atoms with E-state index in [1.807, 2.05) is 18.0 Å². The molecule has 1 aromatic heterocycles. The highest BCUT2D eigenvalue weighted by Gasteiger charge is 2.23. The number of anilines is 1. The van der Waals surface area contributed by atoms with E-state index in [2.05, 4.69) is 20.6 Å². The Morgan fingerprint density at radius 1 is 1.40 bits per heavy atom. The molecule has 138 valence electrons. The zero-order valence-electron chi connectivity index (χ0n) is 15.0. The zero-order valence-corrected chi connectivity index (χ0v) is 15.0. The smallest absolute Gasteiger partial charge is 0.317 e. The van der Waals surface area contributed by atoms with Gasteiger partial charge in [-0.3, -0.25) is 0 Å². The third kappa shape index (κ3) is 4.81. The van der Waals surface area contributed by atoms with Gasteiger partial charge in [-0.1, -0.05) is 19.3 Å². The number of carbonyl (C=O) groups is 1. The Hall–Kier alpha value is -1.89. The average molecular weight is 347 g/mol. The standard InChI is InChI=1S/C18H29N5O2/c1-13(12-24)21-17-19-10-15-7-8-23(11-16(15)22-17)18(25)20-9-14-5-3-2-4-6-14/h10,13-14,24H,2-9,11-12H2,1H3,(H,20,25)(H,19,21,22)/t13-/m0/s1. The van der Waals surface area contributed by atoms with Crippen LogP contribution in [-0.2, 0) is 13.0 Å². The van der Waals surface area contributed by atoms with Crippen molar-refractivity contribution in [3.8, 4) is 0 Å². The fourth-order valence-corrected chi connectivity index (χ4v) is 3.55. The molecule has 3 rings (SSSR count). The molecule has 0 spiro atoms. The van der Waals surface area contributed by atoms with Crippen molar-refractivity contribution in [2.75, 3.05) is 25.0 Å². The largest absolute Gasteiger partial charge is 0.394 e. The molecule has 2 heterocycles. The number of hydrogen-bond donors (Lipinski definition) is 3. The molecule has 0 aromatic carbocycles. The molecule has 7 heteroatoms. The molecule has 1 saturated carbocycles. The van der Waals surface area contributed by atoms with E-state index in [4.69, 9.17) is 5.11 Å². The van der Waals surface area contributed by atoms with Gasteiger partial charge in [0.25, 0.3) is 0 Å². The summed E-state index contributed by atoms with van der Waals surface area (Å²) < 4.78 is 0. The normalized spacial score (nSPS) is 19.2. The highest BCUT2D eigenvalue weighted by atomic mass is 16.3. The zero-order chi connectivity index (χ0) is 17.6. The number of nitrogens with one attached hydrogen (secondary N) is 2. The van der Waals surface area contributed by atoms with Gasteiger partial charge in [-0.05, 0) is 37.7 Å². The van der Waals surface area contributed by atoms with E-state index in [-0.39, 0.29) is 18.7 Å². The lowest BCUT2D eigenvalue weighted by atomic mass is 9.89. The van der Waals surface area contributed by atoms with Crippen LogP contribution in [0.5, 0.6) is 0 Å². The van der Waals surface area contributed by atoms with Crippen LogP contribution in [0.2, 0.25) is 0 Å². The first-order valence-corrected chi connectivity index (χ1v) is 9.40. The van der Waals surface area contributed by atoms with Crippen molar-refractivity contribution in [2.45, 2.75) is 58.0 Å². The van der Waals surface area contributed by atoms with Gasteiger partial charge in [0, 0.05) is 25.3 Å². The Morgan fingerprint density at radius 2 is 2.20 bits per heavy atom. The number of aromatic nitrogens is 2. The van der Waals surface area contributed by atoms with E-state index in [9.17, 15) is 4.79 Å². The van der Waals surface area contributed by atoms with Gasteiger partial charge < -0.3 is 20.6 Å². The topological polar surface area (TPSA) is 90.4 Å². The second-order valence-electron chi connectivity index (χ2n) is 7.26. The minimum absolute atomic E-state index is 0.00747. The monoisotopic (exact) mass is 347 g/mol.